The van der Waals surface area contributed by atoms with Gasteiger partial charge in [-0.15, -0.1) is 0 Å². The van der Waals surface area contributed by atoms with Gasteiger partial charge >= 0.3 is 0 Å². The van der Waals surface area contributed by atoms with Crippen LogP contribution in [0.1, 0.15) is 6.92 Å². The van der Waals surface area contributed by atoms with Crippen LogP contribution >= 0.6 is 27.5 Å². The van der Waals surface area contributed by atoms with Crippen molar-refractivity contribution in [1.29, 1.82) is 0 Å². The Kier molecular flexibility index (Phi) is 5.14. The minimum Gasteiger partial charge on any atom is -0.380 e. The highest BCUT2D eigenvalue weighted by molar-refractivity contribution is 9.10. The van der Waals surface area contributed by atoms with Crippen LogP contribution in [0.25, 0.3) is 0 Å². The van der Waals surface area contributed by atoms with Gasteiger partial charge in [0.15, 0.2) is 0 Å². The second-order valence-electron chi connectivity index (χ2n) is 2.45. The van der Waals surface area contributed by atoms with E-state index in [0.717, 1.165) is 0 Å². The van der Waals surface area contributed by atoms with E-state index in [4.69, 9.17) is 16.3 Å². The number of hydrogen-bond acceptors (Lipinski definition) is 4. The van der Waals surface area contributed by atoms with Crippen molar-refractivity contribution in [2.24, 2.45) is 0 Å². The zero-order valence-electron chi connectivity index (χ0n) is 7.76. The lowest BCUT2D eigenvalue weighted by Crippen LogP contribution is -2.10. The molecule has 4 nitrogen and oxygen atoms in total. The number of ether oxygens (including phenoxy) is 1. The maximum Gasteiger partial charge on any atom is 0.148 e. The van der Waals surface area contributed by atoms with E-state index in [9.17, 15) is 0 Å². The van der Waals surface area contributed by atoms with Crippen LogP contribution in [0.2, 0.25) is 5.15 Å². The molecule has 0 bridgehead atoms. The minimum absolute atomic E-state index is 0.402. The third-order valence-corrected chi connectivity index (χ3v) is 2.76. The predicted molar refractivity (Wildman–Crippen MR) is 59.7 cm³/mol. The third-order valence-electron chi connectivity index (χ3n) is 1.49. The van der Waals surface area contributed by atoms with E-state index in [1.807, 2.05) is 6.92 Å². The molecule has 0 saturated heterocycles. The van der Waals surface area contributed by atoms with Crippen molar-refractivity contribution in [3.63, 3.8) is 0 Å². The number of hydrogen-bond donors (Lipinski definition) is 1. The summed E-state index contributed by atoms with van der Waals surface area (Å²) < 4.78 is 5.85. The molecule has 0 aliphatic rings. The molecular formula is C8H11BrClN3O. The topological polar surface area (TPSA) is 47.0 Å². The molecule has 0 atom stereocenters. The van der Waals surface area contributed by atoms with Crippen LogP contribution in [0.5, 0.6) is 0 Å². The van der Waals surface area contributed by atoms with Crippen LogP contribution in [0.15, 0.2) is 10.8 Å². The number of aromatic nitrogens is 2. The summed E-state index contributed by atoms with van der Waals surface area (Å²) in [6.45, 7) is 4.01. The van der Waals surface area contributed by atoms with Crippen molar-refractivity contribution in [2.45, 2.75) is 6.92 Å². The molecule has 0 saturated carbocycles. The Labute approximate surface area is 96.2 Å². The molecule has 0 fully saturated rings. The van der Waals surface area contributed by atoms with Gasteiger partial charge in [-0.1, -0.05) is 11.6 Å². The molecule has 1 rings (SSSR count). The summed E-state index contributed by atoms with van der Waals surface area (Å²) in [6, 6.07) is 0. The number of halogens is 2. The molecule has 0 spiro atoms. The SMILES string of the molecule is CCOCCNc1ncnc(Cl)c1Br. The first kappa shape index (κ1) is 11.7. The smallest absolute Gasteiger partial charge is 0.148 e. The zero-order chi connectivity index (χ0) is 10.4. The lowest BCUT2D eigenvalue weighted by Gasteiger charge is -2.07. The van der Waals surface area contributed by atoms with Gasteiger partial charge in [-0.2, -0.15) is 0 Å². The highest BCUT2D eigenvalue weighted by Gasteiger charge is 2.04. The van der Waals surface area contributed by atoms with Crippen LogP contribution in [0.3, 0.4) is 0 Å². The fraction of sp³-hybridized carbons (Fsp3) is 0.500. The maximum absolute atomic E-state index is 5.78. The van der Waals surface area contributed by atoms with Gasteiger partial charge in [0.05, 0.1) is 11.1 Å². The Bertz CT molecular complexity index is 298. The molecule has 1 aromatic rings. The minimum atomic E-state index is 0.402. The summed E-state index contributed by atoms with van der Waals surface area (Å²) in [7, 11) is 0. The molecule has 0 aromatic carbocycles. The molecule has 0 aliphatic carbocycles. The Morgan fingerprint density at radius 1 is 1.57 bits per heavy atom. The van der Waals surface area contributed by atoms with Gasteiger partial charge in [0.1, 0.15) is 17.3 Å². The monoisotopic (exact) mass is 279 g/mol. The molecule has 0 amide bonds. The van der Waals surface area contributed by atoms with E-state index in [1.54, 1.807) is 0 Å². The van der Waals surface area contributed by atoms with Gasteiger partial charge in [0.2, 0.25) is 0 Å². The summed E-state index contributed by atoms with van der Waals surface area (Å²) >= 11 is 9.07. The van der Waals surface area contributed by atoms with E-state index < -0.39 is 0 Å². The predicted octanol–water partition coefficient (Wildman–Crippen LogP) is 2.34. The van der Waals surface area contributed by atoms with Crippen molar-refractivity contribution < 1.29 is 4.74 Å². The van der Waals surface area contributed by atoms with Gasteiger partial charge in [-0.3, -0.25) is 0 Å². The van der Waals surface area contributed by atoms with Crippen molar-refractivity contribution in [2.75, 3.05) is 25.1 Å². The third kappa shape index (κ3) is 3.40. The molecule has 0 unspecified atom stereocenters. The second kappa shape index (κ2) is 6.16. The average molecular weight is 281 g/mol. The first-order valence-corrected chi connectivity index (χ1v) is 5.40. The molecular weight excluding hydrogens is 269 g/mol. The quantitative estimate of drug-likeness (QED) is 0.664. The standard InChI is InChI=1S/C8H11BrClN3O/c1-2-14-4-3-11-8-6(9)7(10)12-5-13-8/h5H,2-4H2,1H3,(H,11,12,13). The van der Waals surface area contributed by atoms with E-state index >= 15 is 0 Å². The molecule has 1 aromatic heterocycles. The van der Waals surface area contributed by atoms with E-state index in [0.29, 0.717) is 35.2 Å². The first-order valence-electron chi connectivity index (χ1n) is 4.23. The fourth-order valence-electron chi connectivity index (χ4n) is 0.858. The normalized spacial score (nSPS) is 10.2. The summed E-state index contributed by atoms with van der Waals surface area (Å²) in [5, 5.41) is 3.48. The number of anilines is 1. The largest absolute Gasteiger partial charge is 0.380 e. The van der Waals surface area contributed by atoms with Crippen molar-refractivity contribution in [1.82, 2.24) is 9.97 Å². The lowest BCUT2D eigenvalue weighted by molar-refractivity contribution is 0.158. The maximum atomic E-state index is 5.78. The summed E-state index contributed by atoms with van der Waals surface area (Å²) in [5.74, 6) is 0.685. The summed E-state index contributed by atoms with van der Waals surface area (Å²) in [5.41, 5.74) is 0. The number of rotatable bonds is 5. The zero-order valence-corrected chi connectivity index (χ0v) is 10.1. The van der Waals surface area contributed by atoms with E-state index in [-0.39, 0.29) is 0 Å². The second-order valence-corrected chi connectivity index (χ2v) is 3.60. The molecule has 1 heterocycles. The highest BCUT2D eigenvalue weighted by atomic mass is 79.9. The average Bonchev–Trinajstić information content (AvgIpc) is 2.19. The van der Waals surface area contributed by atoms with Gasteiger partial charge in [0, 0.05) is 13.2 Å². The van der Waals surface area contributed by atoms with E-state index in [2.05, 4.69) is 31.2 Å². The van der Waals surface area contributed by atoms with Crippen molar-refractivity contribution in [3.05, 3.63) is 16.0 Å². The molecule has 14 heavy (non-hydrogen) atoms. The van der Waals surface area contributed by atoms with Gasteiger partial charge < -0.3 is 10.1 Å². The fourth-order valence-corrected chi connectivity index (χ4v) is 1.34. The summed E-state index contributed by atoms with van der Waals surface area (Å²) in [6.07, 6.45) is 1.41. The Morgan fingerprint density at radius 2 is 2.36 bits per heavy atom. The molecule has 0 aliphatic heterocycles. The Hall–Kier alpha value is -0.390. The molecule has 1 N–H and O–H groups in total. The number of nitrogens with zero attached hydrogens (tertiary/aromatic N) is 2. The van der Waals surface area contributed by atoms with Crippen molar-refractivity contribution >= 4 is 33.3 Å². The van der Waals surface area contributed by atoms with Crippen LogP contribution in [-0.2, 0) is 4.74 Å². The van der Waals surface area contributed by atoms with Gasteiger partial charge in [0.25, 0.3) is 0 Å². The summed E-state index contributed by atoms with van der Waals surface area (Å²) in [4.78, 5) is 7.85. The van der Waals surface area contributed by atoms with Crippen LogP contribution in [0, 0.1) is 0 Å². The van der Waals surface area contributed by atoms with Gasteiger partial charge in [-0.25, -0.2) is 9.97 Å². The van der Waals surface area contributed by atoms with Crippen LogP contribution < -0.4 is 5.32 Å². The van der Waals surface area contributed by atoms with Crippen molar-refractivity contribution in [3.8, 4) is 0 Å². The van der Waals surface area contributed by atoms with Crippen LogP contribution in [-0.4, -0.2) is 29.7 Å². The highest BCUT2D eigenvalue weighted by Crippen LogP contribution is 2.25. The lowest BCUT2D eigenvalue weighted by atomic mass is 10.5. The Morgan fingerprint density at radius 3 is 3.07 bits per heavy atom. The van der Waals surface area contributed by atoms with Crippen LogP contribution in [0.4, 0.5) is 5.82 Å². The molecule has 78 valence electrons. The molecule has 0 radical (unpaired) electrons. The Balaban J connectivity index is 2.46. The van der Waals surface area contributed by atoms with Gasteiger partial charge in [-0.05, 0) is 22.9 Å². The molecule has 6 heteroatoms. The van der Waals surface area contributed by atoms with E-state index in [1.165, 1.54) is 6.33 Å². The number of nitrogens with one attached hydrogen (secondary N) is 1. The first-order chi connectivity index (χ1) is 6.75.